The van der Waals surface area contributed by atoms with Gasteiger partial charge >= 0.3 is 0 Å². The number of aromatic nitrogens is 3. The van der Waals surface area contributed by atoms with Crippen LogP contribution in [0.1, 0.15) is 76.6 Å². The Hall–Kier alpha value is -3.33. The number of nitrogens with one attached hydrogen (secondary N) is 2. The quantitative estimate of drug-likeness (QED) is 0.320. The predicted molar refractivity (Wildman–Crippen MR) is 145 cm³/mol. The van der Waals surface area contributed by atoms with Gasteiger partial charge in [0.1, 0.15) is 5.75 Å². The molecule has 3 rings (SSSR count). The molecule has 0 saturated heterocycles. The molecule has 0 aliphatic heterocycles. The number of para-hydroxylation sites is 1. The number of nitrogens with zero attached hydrogens (tertiary/aromatic N) is 3. The van der Waals surface area contributed by atoms with Crippen LogP contribution in [0.25, 0.3) is 0 Å². The lowest BCUT2D eigenvalue weighted by Gasteiger charge is -2.21. The molecule has 2 amide bonds. The molecule has 1 unspecified atom stereocenters. The van der Waals surface area contributed by atoms with Crippen molar-refractivity contribution < 1.29 is 14.3 Å². The van der Waals surface area contributed by atoms with E-state index in [2.05, 4.69) is 54.6 Å². The summed E-state index contributed by atoms with van der Waals surface area (Å²) >= 11 is 1.33. The highest BCUT2D eigenvalue weighted by molar-refractivity contribution is 7.99. The second-order valence-electron chi connectivity index (χ2n) is 9.30. The number of hydrogen-bond donors (Lipinski definition) is 2. The average Bonchev–Trinajstić information content (AvgIpc) is 3.24. The van der Waals surface area contributed by atoms with Gasteiger partial charge < -0.3 is 19.9 Å². The minimum Gasteiger partial charge on any atom is -0.482 e. The highest BCUT2D eigenvalue weighted by atomic mass is 32.2. The van der Waals surface area contributed by atoms with Gasteiger partial charge in [0.2, 0.25) is 11.8 Å². The molecule has 0 bridgehead atoms. The molecule has 8 nitrogen and oxygen atoms in total. The second-order valence-corrected chi connectivity index (χ2v) is 10.2. The molecule has 2 aromatic carbocycles. The van der Waals surface area contributed by atoms with Crippen molar-refractivity contribution in [3.05, 3.63) is 59.4 Å². The third-order valence-electron chi connectivity index (χ3n) is 5.58. The van der Waals surface area contributed by atoms with Crippen molar-refractivity contribution in [1.82, 2.24) is 14.8 Å². The number of rotatable bonds is 10. The van der Waals surface area contributed by atoms with Crippen molar-refractivity contribution in [2.75, 3.05) is 16.4 Å². The number of anilines is 2. The Morgan fingerprint density at radius 2 is 1.75 bits per heavy atom. The van der Waals surface area contributed by atoms with Crippen LogP contribution in [-0.2, 0) is 9.59 Å². The molecule has 2 N–H and O–H groups in total. The first-order valence-corrected chi connectivity index (χ1v) is 13.1. The fourth-order valence-corrected chi connectivity index (χ4v) is 4.68. The topological polar surface area (TPSA) is 98.1 Å². The molecule has 3 aromatic rings. The SMILES string of the molecule is CC(=O)Nc1cc(NC(=O)CSc2nnc(C(C)Oc3ccccc3C(C)C)n2C(C)C)ccc1C. The Bertz CT molecular complexity index is 1220. The van der Waals surface area contributed by atoms with E-state index in [0.717, 1.165) is 16.9 Å². The van der Waals surface area contributed by atoms with Crippen LogP contribution in [0, 0.1) is 6.92 Å². The molecule has 36 heavy (non-hydrogen) atoms. The van der Waals surface area contributed by atoms with Crippen molar-refractivity contribution in [1.29, 1.82) is 0 Å². The first-order chi connectivity index (χ1) is 17.1. The fourth-order valence-electron chi connectivity index (χ4n) is 3.81. The monoisotopic (exact) mass is 509 g/mol. The van der Waals surface area contributed by atoms with E-state index in [-0.39, 0.29) is 29.7 Å². The van der Waals surface area contributed by atoms with Gasteiger partial charge in [-0.05, 0) is 62.9 Å². The number of carbonyl (C=O) groups excluding carboxylic acids is 2. The Morgan fingerprint density at radius 3 is 2.42 bits per heavy atom. The van der Waals surface area contributed by atoms with Crippen LogP contribution in [0.5, 0.6) is 5.75 Å². The summed E-state index contributed by atoms with van der Waals surface area (Å²) in [7, 11) is 0. The van der Waals surface area contributed by atoms with Crippen LogP contribution >= 0.6 is 11.8 Å². The van der Waals surface area contributed by atoms with Crippen LogP contribution in [0.15, 0.2) is 47.6 Å². The maximum absolute atomic E-state index is 12.7. The molecule has 9 heteroatoms. The van der Waals surface area contributed by atoms with Gasteiger partial charge in [0.15, 0.2) is 17.1 Å². The molecule has 0 radical (unpaired) electrons. The smallest absolute Gasteiger partial charge is 0.234 e. The zero-order valence-corrected chi connectivity index (χ0v) is 22.8. The minimum atomic E-state index is -0.317. The highest BCUT2D eigenvalue weighted by Crippen LogP contribution is 2.32. The molecular formula is C27H35N5O3S. The third kappa shape index (κ3) is 6.87. The van der Waals surface area contributed by atoms with Gasteiger partial charge in [0.25, 0.3) is 0 Å². The van der Waals surface area contributed by atoms with Crippen LogP contribution in [0.3, 0.4) is 0 Å². The number of benzene rings is 2. The van der Waals surface area contributed by atoms with E-state index in [1.54, 1.807) is 6.07 Å². The summed E-state index contributed by atoms with van der Waals surface area (Å²) in [6.45, 7) is 13.7. The third-order valence-corrected chi connectivity index (χ3v) is 6.52. The molecule has 192 valence electrons. The van der Waals surface area contributed by atoms with Crippen LogP contribution in [-0.4, -0.2) is 32.3 Å². The number of thioether (sulfide) groups is 1. The zero-order chi connectivity index (χ0) is 26.4. The maximum Gasteiger partial charge on any atom is 0.234 e. The highest BCUT2D eigenvalue weighted by Gasteiger charge is 2.23. The molecule has 0 spiro atoms. The van der Waals surface area contributed by atoms with E-state index in [1.807, 2.05) is 48.7 Å². The second kappa shape index (κ2) is 12.1. The van der Waals surface area contributed by atoms with Gasteiger partial charge in [0, 0.05) is 24.3 Å². The van der Waals surface area contributed by atoms with E-state index in [9.17, 15) is 9.59 Å². The van der Waals surface area contributed by atoms with Gasteiger partial charge in [-0.25, -0.2) is 0 Å². The Morgan fingerprint density at radius 1 is 1.03 bits per heavy atom. The van der Waals surface area contributed by atoms with E-state index in [1.165, 1.54) is 18.7 Å². The van der Waals surface area contributed by atoms with E-state index >= 15 is 0 Å². The van der Waals surface area contributed by atoms with Crippen molar-refractivity contribution >= 4 is 35.0 Å². The van der Waals surface area contributed by atoms with Gasteiger partial charge in [-0.3, -0.25) is 9.59 Å². The maximum atomic E-state index is 12.7. The summed E-state index contributed by atoms with van der Waals surface area (Å²) in [5, 5.41) is 15.1. The van der Waals surface area contributed by atoms with Crippen molar-refractivity contribution in [3.63, 3.8) is 0 Å². The minimum absolute atomic E-state index is 0.0873. The van der Waals surface area contributed by atoms with Crippen LogP contribution in [0.4, 0.5) is 11.4 Å². The Balaban J connectivity index is 1.70. The summed E-state index contributed by atoms with van der Waals surface area (Å²) in [6.07, 6.45) is -0.317. The van der Waals surface area contributed by atoms with Gasteiger partial charge in [-0.1, -0.05) is 49.9 Å². The van der Waals surface area contributed by atoms with Crippen molar-refractivity contribution in [2.24, 2.45) is 0 Å². The molecular weight excluding hydrogens is 474 g/mol. The summed E-state index contributed by atoms with van der Waals surface area (Å²) in [5.74, 6) is 1.72. The molecule has 1 heterocycles. The molecule has 1 atom stereocenters. The summed E-state index contributed by atoms with van der Waals surface area (Å²) in [6, 6.07) is 13.5. The lowest BCUT2D eigenvalue weighted by atomic mass is 10.0. The first kappa shape index (κ1) is 27.3. The van der Waals surface area contributed by atoms with Crippen LogP contribution in [0.2, 0.25) is 0 Å². The lowest BCUT2D eigenvalue weighted by Crippen LogP contribution is -2.17. The molecule has 0 aliphatic carbocycles. The number of hydrogen-bond acceptors (Lipinski definition) is 6. The molecule has 1 aromatic heterocycles. The number of ether oxygens (including phenoxy) is 1. The summed E-state index contributed by atoms with van der Waals surface area (Å²) in [4.78, 5) is 24.1. The number of carbonyl (C=O) groups is 2. The molecule has 0 fully saturated rings. The first-order valence-electron chi connectivity index (χ1n) is 12.1. The number of amides is 2. The molecule has 0 aliphatic rings. The van der Waals surface area contributed by atoms with Crippen LogP contribution < -0.4 is 15.4 Å². The average molecular weight is 510 g/mol. The molecule has 0 saturated carbocycles. The summed E-state index contributed by atoms with van der Waals surface area (Å²) in [5.41, 5.74) is 3.35. The Kier molecular flexibility index (Phi) is 9.14. The van der Waals surface area contributed by atoms with E-state index in [4.69, 9.17) is 4.74 Å². The van der Waals surface area contributed by atoms with Gasteiger partial charge in [-0.15, -0.1) is 10.2 Å². The normalized spacial score (nSPS) is 12.0. The van der Waals surface area contributed by atoms with Crippen molar-refractivity contribution in [2.45, 2.75) is 71.7 Å². The lowest BCUT2D eigenvalue weighted by molar-refractivity contribution is -0.114. The standard InChI is InChI=1S/C27H35N5O3S/c1-16(2)22-10-8-9-11-24(22)35-19(6)26-30-31-27(32(26)17(3)4)36-15-25(34)29-21-13-12-18(5)23(14-21)28-20(7)33/h8-14,16-17,19H,15H2,1-7H3,(H,28,33)(H,29,34). The van der Waals surface area contributed by atoms with E-state index < -0.39 is 0 Å². The Labute approximate surface area is 217 Å². The zero-order valence-electron chi connectivity index (χ0n) is 22.0. The van der Waals surface area contributed by atoms with Crippen molar-refractivity contribution in [3.8, 4) is 5.75 Å². The summed E-state index contributed by atoms with van der Waals surface area (Å²) < 4.78 is 8.32. The van der Waals surface area contributed by atoms with Gasteiger partial charge in [0.05, 0.1) is 5.75 Å². The number of aryl methyl sites for hydroxylation is 1. The fraction of sp³-hybridized carbons (Fsp3) is 0.407. The van der Waals surface area contributed by atoms with E-state index in [0.29, 0.717) is 28.3 Å². The largest absolute Gasteiger partial charge is 0.482 e. The predicted octanol–water partition coefficient (Wildman–Crippen LogP) is 6.12. The van der Waals surface area contributed by atoms with Gasteiger partial charge in [-0.2, -0.15) is 0 Å².